The van der Waals surface area contributed by atoms with Crippen LogP contribution in [0.15, 0.2) is 12.3 Å². The number of nitrogens with one attached hydrogen (secondary N) is 1. The van der Waals surface area contributed by atoms with Crippen molar-refractivity contribution in [2.45, 2.75) is 12.5 Å². The van der Waals surface area contributed by atoms with Crippen LogP contribution >= 0.6 is 27.5 Å². The van der Waals surface area contributed by atoms with Gasteiger partial charge in [0.25, 0.3) is 5.91 Å². The molecule has 2 N–H and O–H groups in total. The zero-order valence-corrected chi connectivity index (χ0v) is 11.2. The maximum absolute atomic E-state index is 11.6. The summed E-state index contributed by atoms with van der Waals surface area (Å²) < 4.78 is 0. The highest BCUT2D eigenvalue weighted by Crippen LogP contribution is 2.19. The average Bonchev–Trinajstić information content (AvgIpc) is 2.29. The highest BCUT2D eigenvalue weighted by molar-refractivity contribution is 9.09. The summed E-state index contributed by atoms with van der Waals surface area (Å²) in [5, 5.41) is 21.0. The normalized spacial score (nSPS) is 13.6. The fraction of sp³-hybridized carbons (Fsp3) is 0.300. The van der Waals surface area contributed by atoms with E-state index < -0.39 is 11.5 Å². The molecule has 1 atom stereocenters. The molecular weight excluding hydrogens is 309 g/mol. The number of anilines is 1. The number of nitrogens with zero attached hydrogens (tertiary/aromatic N) is 2. The molecule has 0 bridgehead atoms. The topological polar surface area (TPSA) is 86.0 Å². The molecule has 5 nitrogen and oxygen atoms in total. The Bertz CT molecular complexity index is 485. The van der Waals surface area contributed by atoms with E-state index in [4.69, 9.17) is 16.9 Å². The van der Waals surface area contributed by atoms with Gasteiger partial charge in [-0.25, -0.2) is 4.98 Å². The molecule has 0 aliphatic heterocycles. The summed E-state index contributed by atoms with van der Waals surface area (Å²) in [5.41, 5.74) is -1.13. The number of hydrogen-bond acceptors (Lipinski definition) is 4. The number of carbonyl (C=O) groups excluding carboxylic acids is 1. The Labute approximate surface area is 112 Å². The fourth-order valence-corrected chi connectivity index (χ4v) is 1.38. The molecule has 0 saturated heterocycles. The molecule has 1 heterocycles. The molecule has 1 rings (SSSR count). The van der Waals surface area contributed by atoms with Crippen molar-refractivity contribution in [1.82, 2.24) is 4.98 Å². The number of nitriles is 1. The Morgan fingerprint density at radius 2 is 2.47 bits per heavy atom. The zero-order chi connectivity index (χ0) is 13.1. The number of pyridine rings is 1. The Morgan fingerprint density at radius 3 is 2.94 bits per heavy atom. The van der Waals surface area contributed by atoms with Gasteiger partial charge in [0.05, 0.1) is 16.9 Å². The molecule has 1 amide bonds. The summed E-state index contributed by atoms with van der Waals surface area (Å²) in [6, 6.07) is 3.20. The van der Waals surface area contributed by atoms with Gasteiger partial charge >= 0.3 is 0 Å². The summed E-state index contributed by atoms with van der Waals surface area (Å²) in [6.45, 7) is 1.37. The smallest absolute Gasteiger partial charge is 0.256 e. The fourth-order valence-electron chi connectivity index (χ4n) is 0.915. The first-order chi connectivity index (χ1) is 7.90. The molecule has 0 fully saturated rings. The van der Waals surface area contributed by atoms with E-state index in [1.165, 1.54) is 19.2 Å². The number of carbonyl (C=O) groups is 1. The molecule has 0 saturated carbocycles. The van der Waals surface area contributed by atoms with Crippen molar-refractivity contribution < 1.29 is 9.90 Å². The summed E-state index contributed by atoms with van der Waals surface area (Å²) in [7, 11) is 0. The van der Waals surface area contributed by atoms with Crippen LogP contribution in [0, 0.1) is 11.3 Å². The van der Waals surface area contributed by atoms with Gasteiger partial charge in [-0.05, 0) is 13.0 Å². The Kier molecular flexibility index (Phi) is 4.46. The second-order valence-electron chi connectivity index (χ2n) is 3.53. The van der Waals surface area contributed by atoms with Gasteiger partial charge in [-0.1, -0.05) is 27.5 Å². The van der Waals surface area contributed by atoms with Crippen molar-refractivity contribution >= 4 is 39.1 Å². The molecule has 7 heteroatoms. The van der Waals surface area contributed by atoms with Gasteiger partial charge in [-0.2, -0.15) is 5.26 Å². The van der Waals surface area contributed by atoms with Crippen molar-refractivity contribution in [3.05, 3.63) is 23.0 Å². The minimum atomic E-state index is -1.53. The van der Waals surface area contributed by atoms with E-state index in [0.29, 0.717) is 5.69 Å². The van der Waals surface area contributed by atoms with E-state index in [0.717, 1.165) is 0 Å². The van der Waals surface area contributed by atoms with Gasteiger partial charge in [0.2, 0.25) is 0 Å². The lowest BCUT2D eigenvalue weighted by molar-refractivity contribution is -0.130. The standard InChI is InChI=1S/C10H9BrClN3O2/c1-10(17,5-11)9(16)15-6-2-7(12)8(3-13)14-4-6/h2,4,17H,5H2,1H3,(H,15,16)/t10-/m0/s1. The molecule has 17 heavy (non-hydrogen) atoms. The maximum atomic E-state index is 11.6. The Balaban J connectivity index is 2.88. The van der Waals surface area contributed by atoms with Crippen LogP contribution in [0.25, 0.3) is 0 Å². The van der Waals surface area contributed by atoms with E-state index in [1.807, 2.05) is 0 Å². The van der Waals surface area contributed by atoms with Crippen LogP contribution in [0.5, 0.6) is 0 Å². The van der Waals surface area contributed by atoms with E-state index >= 15 is 0 Å². The van der Waals surface area contributed by atoms with Crippen LogP contribution in [0.3, 0.4) is 0 Å². The highest BCUT2D eigenvalue weighted by Gasteiger charge is 2.28. The first kappa shape index (κ1) is 13.9. The summed E-state index contributed by atoms with van der Waals surface area (Å²) >= 11 is 8.78. The quantitative estimate of drug-likeness (QED) is 0.830. The number of hydrogen-bond donors (Lipinski definition) is 2. The first-order valence-electron chi connectivity index (χ1n) is 4.56. The van der Waals surface area contributed by atoms with E-state index in [9.17, 15) is 9.90 Å². The van der Waals surface area contributed by atoms with Crippen LogP contribution in [0.2, 0.25) is 5.02 Å². The molecule has 90 valence electrons. The molecule has 0 aromatic carbocycles. The van der Waals surface area contributed by atoms with Gasteiger partial charge in [0, 0.05) is 5.33 Å². The van der Waals surface area contributed by atoms with Crippen LogP contribution in [0.4, 0.5) is 5.69 Å². The second kappa shape index (κ2) is 5.45. The van der Waals surface area contributed by atoms with E-state index in [-0.39, 0.29) is 16.0 Å². The van der Waals surface area contributed by atoms with Crippen LogP contribution < -0.4 is 5.32 Å². The predicted molar refractivity (Wildman–Crippen MR) is 67.0 cm³/mol. The maximum Gasteiger partial charge on any atom is 0.256 e. The number of aliphatic hydroxyl groups is 1. The van der Waals surface area contributed by atoms with Crippen LogP contribution in [-0.4, -0.2) is 26.9 Å². The molecule has 1 aromatic rings. The van der Waals surface area contributed by atoms with Crippen molar-refractivity contribution in [1.29, 1.82) is 5.26 Å². The van der Waals surface area contributed by atoms with Crippen LogP contribution in [0.1, 0.15) is 12.6 Å². The highest BCUT2D eigenvalue weighted by atomic mass is 79.9. The number of aromatic nitrogens is 1. The van der Waals surface area contributed by atoms with Crippen molar-refractivity contribution in [2.24, 2.45) is 0 Å². The molecule has 0 spiro atoms. The minimum Gasteiger partial charge on any atom is -0.379 e. The van der Waals surface area contributed by atoms with Crippen molar-refractivity contribution in [3.8, 4) is 6.07 Å². The summed E-state index contributed by atoms with van der Waals surface area (Å²) in [4.78, 5) is 15.4. The lowest BCUT2D eigenvalue weighted by atomic mass is 10.1. The van der Waals surface area contributed by atoms with Crippen molar-refractivity contribution in [2.75, 3.05) is 10.6 Å². The molecule has 0 radical (unpaired) electrons. The van der Waals surface area contributed by atoms with Gasteiger partial charge < -0.3 is 10.4 Å². The molecule has 0 unspecified atom stereocenters. The number of rotatable bonds is 3. The number of amides is 1. The van der Waals surface area contributed by atoms with Gasteiger partial charge in [0.1, 0.15) is 11.7 Å². The SMILES string of the molecule is C[C@](O)(CBr)C(=O)Nc1cnc(C#N)c(Cl)c1. The third-order valence-corrected chi connectivity index (χ3v) is 3.33. The van der Waals surface area contributed by atoms with Gasteiger partial charge in [-0.15, -0.1) is 0 Å². The van der Waals surface area contributed by atoms with Gasteiger partial charge in [-0.3, -0.25) is 4.79 Å². The predicted octanol–water partition coefficient (Wildman–Crippen LogP) is 1.69. The molecular formula is C10H9BrClN3O2. The monoisotopic (exact) mass is 317 g/mol. The summed E-state index contributed by atoms with van der Waals surface area (Å²) in [6.07, 6.45) is 1.30. The second-order valence-corrected chi connectivity index (χ2v) is 4.50. The van der Waals surface area contributed by atoms with E-state index in [2.05, 4.69) is 26.2 Å². The third-order valence-electron chi connectivity index (χ3n) is 1.95. The Hall–Kier alpha value is -1.16. The molecule has 0 aliphatic carbocycles. The van der Waals surface area contributed by atoms with Crippen LogP contribution in [-0.2, 0) is 4.79 Å². The molecule has 1 aromatic heterocycles. The first-order valence-corrected chi connectivity index (χ1v) is 6.06. The third kappa shape index (κ3) is 3.40. The minimum absolute atomic E-state index is 0.0805. The van der Waals surface area contributed by atoms with Crippen molar-refractivity contribution in [3.63, 3.8) is 0 Å². The largest absolute Gasteiger partial charge is 0.379 e. The molecule has 0 aliphatic rings. The number of alkyl halides is 1. The Morgan fingerprint density at radius 1 is 1.82 bits per heavy atom. The summed E-state index contributed by atoms with van der Waals surface area (Å²) in [5.74, 6) is -0.586. The average molecular weight is 319 g/mol. The van der Waals surface area contributed by atoms with E-state index in [1.54, 1.807) is 6.07 Å². The van der Waals surface area contributed by atoms with Gasteiger partial charge in [0.15, 0.2) is 5.69 Å². The number of halogens is 2. The lowest BCUT2D eigenvalue weighted by Gasteiger charge is -2.19. The lowest BCUT2D eigenvalue weighted by Crippen LogP contribution is -2.41. The zero-order valence-electron chi connectivity index (χ0n) is 8.87.